The topological polar surface area (TPSA) is 33.2 Å². The molecular weight excluding hydrogens is 224 g/mol. The van der Waals surface area contributed by atoms with E-state index in [0.29, 0.717) is 12.4 Å². The summed E-state index contributed by atoms with van der Waals surface area (Å²) in [6.45, 7) is 4.29. The summed E-state index contributed by atoms with van der Waals surface area (Å²) in [4.78, 5) is 17.7. The predicted molar refractivity (Wildman–Crippen MR) is 65.2 cm³/mol. The molecule has 0 aliphatic heterocycles. The van der Waals surface area contributed by atoms with Gasteiger partial charge in [0.15, 0.2) is 0 Å². The molecule has 0 saturated carbocycles. The highest BCUT2D eigenvalue weighted by molar-refractivity contribution is 6.19. The average Bonchev–Trinajstić information content (AvgIpc) is 2.29. The van der Waals surface area contributed by atoms with Gasteiger partial charge >= 0.3 is 0 Å². The van der Waals surface area contributed by atoms with E-state index >= 15 is 0 Å². The van der Waals surface area contributed by atoms with Crippen LogP contribution in [0.25, 0.3) is 0 Å². The third-order valence-electron chi connectivity index (χ3n) is 2.43. The lowest BCUT2D eigenvalue weighted by Gasteiger charge is -2.27. The zero-order valence-electron chi connectivity index (χ0n) is 9.90. The summed E-state index contributed by atoms with van der Waals surface area (Å²) in [5, 5.41) is 0. The van der Waals surface area contributed by atoms with Gasteiger partial charge < -0.3 is 4.90 Å². The van der Waals surface area contributed by atoms with Gasteiger partial charge in [0.1, 0.15) is 0 Å². The van der Waals surface area contributed by atoms with Crippen molar-refractivity contribution in [2.24, 2.45) is 5.41 Å². The Balaban J connectivity index is 2.66. The van der Waals surface area contributed by atoms with Gasteiger partial charge in [0.05, 0.1) is 5.41 Å². The van der Waals surface area contributed by atoms with E-state index in [1.54, 1.807) is 24.3 Å². The second kappa shape index (κ2) is 5.30. The highest BCUT2D eigenvalue weighted by atomic mass is 35.5. The molecule has 3 nitrogen and oxygen atoms in total. The van der Waals surface area contributed by atoms with Crippen molar-refractivity contribution < 1.29 is 4.79 Å². The SMILES string of the molecule is CN(Cc1ccncc1)C(=O)C(C)(C)CCl. The number of nitrogens with zero attached hydrogens (tertiary/aromatic N) is 2. The van der Waals surface area contributed by atoms with Crippen molar-refractivity contribution in [2.75, 3.05) is 12.9 Å². The Bertz CT molecular complexity index is 351. The summed E-state index contributed by atoms with van der Waals surface area (Å²) in [7, 11) is 1.79. The molecule has 88 valence electrons. The molecule has 0 fully saturated rings. The minimum atomic E-state index is -0.511. The monoisotopic (exact) mass is 240 g/mol. The number of pyridine rings is 1. The Morgan fingerprint density at radius 1 is 1.44 bits per heavy atom. The van der Waals surface area contributed by atoms with Crippen molar-refractivity contribution in [2.45, 2.75) is 20.4 Å². The summed E-state index contributed by atoms with van der Waals surface area (Å²) in [5.74, 6) is 0.381. The second-order valence-electron chi connectivity index (χ2n) is 4.53. The molecule has 1 rings (SSSR count). The Morgan fingerprint density at radius 2 is 2.00 bits per heavy atom. The predicted octanol–water partition coefficient (Wildman–Crippen LogP) is 2.31. The van der Waals surface area contributed by atoms with Crippen LogP contribution in [0, 0.1) is 5.41 Å². The first-order chi connectivity index (χ1) is 7.47. The summed E-state index contributed by atoms with van der Waals surface area (Å²) in [5.41, 5.74) is 0.555. The Hall–Kier alpha value is -1.09. The normalized spacial score (nSPS) is 11.2. The molecular formula is C12H17ClN2O. The number of carbonyl (C=O) groups excluding carboxylic acids is 1. The maximum atomic E-state index is 12.0. The molecule has 1 heterocycles. The molecule has 0 radical (unpaired) electrons. The number of amides is 1. The first-order valence-corrected chi connectivity index (χ1v) is 5.71. The van der Waals surface area contributed by atoms with Crippen LogP contribution in [0.5, 0.6) is 0 Å². The average molecular weight is 241 g/mol. The first-order valence-electron chi connectivity index (χ1n) is 5.18. The standard InChI is InChI=1S/C12H17ClN2O/c1-12(2,9-13)11(16)15(3)8-10-4-6-14-7-5-10/h4-7H,8-9H2,1-3H3. The Morgan fingerprint density at radius 3 is 2.50 bits per heavy atom. The number of hydrogen-bond donors (Lipinski definition) is 0. The molecule has 0 aromatic carbocycles. The molecule has 0 aliphatic carbocycles. The van der Waals surface area contributed by atoms with Gasteiger partial charge in [-0.15, -0.1) is 11.6 Å². The second-order valence-corrected chi connectivity index (χ2v) is 4.80. The summed E-state index contributed by atoms with van der Waals surface area (Å²) in [6.07, 6.45) is 3.45. The molecule has 0 unspecified atom stereocenters. The van der Waals surface area contributed by atoms with E-state index in [1.807, 2.05) is 26.0 Å². The van der Waals surface area contributed by atoms with Gasteiger partial charge in [0, 0.05) is 31.9 Å². The molecule has 4 heteroatoms. The van der Waals surface area contributed by atoms with Gasteiger partial charge in [-0.2, -0.15) is 0 Å². The highest BCUT2D eigenvalue weighted by Gasteiger charge is 2.29. The van der Waals surface area contributed by atoms with E-state index in [4.69, 9.17) is 11.6 Å². The van der Waals surface area contributed by atoms with Crippen LogP contribution in [-0.4, -0.2) is 28.7 Å². The molecule has 0 saturated heterocycles. The van der Waals surface area contributed by atoms with Crippen LogP contribution in [0.15, 0.2) is 24.5 Å². The fourth-order valence-electron chi connectivity index (χ4n) is 1.41. The number of halogens is 1. The number of hydrogen-bond acceptors (Lipinski definition) is 2. The quantitative estimate of drug-likeness (QED) is 0.757. The van der Waals surface area contributed by atoms with Crippen molar-refractivity contribution >= 4 is 17.5 Å². The van der Waals surface area contributed by atoms with Gasteiger partial charge in [-0.3, -0.25) is 9.78 Å². The van der Waals surface area contributed by atoms with Crippen molar-refractivity contribution in [1.29, 1.82) is 0 Å². The molecule has 0 N–H and O–H groups in total. The van der Waals surface area contributed by atoms with Crippen LogP contribution >= 0.6 is 11.6 Å². The molecule has 1 amide bonds. The third-order valence-corrected chi connectivity index (χ3v) is 3.10. The van der Waals surface area contributed by atoms with Crippen molar-refractivity contribution in [3.63, 3.8) is 0 Å². The van der Waals surface area contributed by atoms with Crippen LogP contribution in [0.3, 0.4) is 0 Å². The summed E-state index contributed by atoms with van der Waals surface area (Å²) in [6, 6.07) is 3.80. The van der Waals surface area contributed by atoms with Crippen LogP contribution in [0.4, 0.5) is 0 Å². The van der Waals surface area contributed by atoms with Crippen molar-refractivity contribution in [3.05, 3.63) is 30.1 Å². The number of rotatable bonds is 4. The largest absolute Gasteiger partial charge is 0.341 e. The third kappa shape index (κ3) is 3.20. The summed E-state index contributed by atoms with van der Waals surface area (Å²) < 4.78 is 0. The van der Waals surface area contributed by atoms with Gasteiger partial charge in [0.2, 0.25) is 5.91 Å². The molecule has 0 spiro atoms. The van der Waals surface area contributed by atoms with Crippen LogP contribution < -0.4 is 0 Å². The molecule has 1 aromatic rings. The number of aromatic nitrogens is 1. The Labute approximate surface area is 101 Å². The molecule has 0 atom stereocenters. The lowest BCUT2D eigenvalue weighted by Crippen LogP contribution is -2.39. The fourth-order valence-corrected chi connectivity index (χ4v) is 1.52. The van der Waals surface area contributed by atoms with Crippen molar-refractivity contribution in [1.82, 2.24) is 9.88 Å². The van der Waals surface area contributed by atoms with Crippen LogP contribution in [-0.2, 0) is 11.3 Å². The summed E-state index contributed by atoms with van der Waals surface area (Å²) >= 11 is 5.78. The van der Waals surface area contributed by atoms with E-state index < -0.39 is 5.41 Å². The zero-order valence-corrected chi connectivity index (χ0v) is 10.7. The molecule has 0 aliphatic rings. The molecule has 16 heavy (non-hydrogen) atoms. The Kier molecular flexibility index (Phi) is 4.30. The maximum absolute atomic E-state index is 12.0. The van der Waals surface area contributed by atoms with E-state index in [2.05, 4.69) is 4.98 Å². The minimum Gasteiger partial charge on any atom is -0.341 e. The lowest BCUT2D eigenvalue weighted by atomic mass is 9.94. The van der Waals surface area contributed by atoms with E-state index in [0.717, 1.165) is 5.56 Å². The van der Waals surface area contributed by atoms with Crippen LogP contribution in [0.1, 0.15) is 19.4 Å². The van der Waals surface area contributed by atoms with E-state index in [9.17, 15) is 4.79 Å². The number of alkyl halides is 1. The lowest BCUT2D eigenvalue weighted by molar-refractivity contribution is -0.138. The molecule has 0 bridgehead atoms. The first kappa shape index (κ1) is 13.0. The fraction of sp³-hybridized carbons (Fsp3) is 0.500. The maximum Gasteiger partial charge on any atom is 0.229 e. The van der Waals surface area contributed by atoms with Crippen LogP contribution in [0.2, 0.25) is 0 Å². The highest BCUT2D eigenvalue weighted by Crippen LogP contribution is 2.20. The van der Waals surface area contributed by atoms with E-state index in [-0.39, 0.29) is 5.91 Å². The van der Waals surface area contributed by atoms with Gasteiger partial charge in [0.25, 0.3) is 0 Å². The number of carbonyl (C=O) groups is 1. The van der Waals surface area contributed by atoms with Gasteiger partial charge in [-0.05, 0) is 31.5 Å². The van der Waals surface area contributed by atoms with E-state index in [1.165, 1.54) is 0 Å². The van der Waals surface area contributed by atoms with Crippen molar-refractivity contribution in [3.8, 4) is 0 Å². The van der Waals surface area contributed by atoms with Gasteiger partial charge in [-0.25, -0.2) is 0 Å². The minimum absolute atomic E-state index is 0.0549. The molecule has 1 aromatic heterocycles. The smallest absolute Gasteiger partial charge is 0.229 e. The van der Waals surface area contributed by atoms with Gasteiger partial charge in [-0.1, -0.05) is 0 Å². The zero-order chi connectivity index (χ0) is 12.2.